The van der Waals surface area contributed by atoms with Gasteiger partial charge in [0.25, 0.3) is 5.91 Å². The summed E-state index contributed by atoms with van der Waals surface area (Å²) in [6, 6.07) is 2.31. The highest BCUT2D eigenvalue weighted by molar-refractivity contribution is 5.94. The van der Waals surface area contributed by atoms with E-state index in [1.165, 1.54) is 0 Å². The fourth-order valence-electron chi connectivity index (χ4n) is 5.59. The zero-order valence-corrected chi connectivity index (χ0v) is 22.6. The van der Waals surface area contributed by atoms with Crippen LogP contribution in [0.15, 0.2) is 23.3 Å². The maximum absolute atomic E-state index is 14.1. The minimum absolute atomic E-state index is 0.102. The number of benzene rings is 1. The summed E-state index contributed by atoms with van der Waals surface area (Å²) in [5.74, 6) is -5.57. The zero-order chi connectivity index (χ0) is 28.4. The van der Waals surface area contributed by atoms with E-state index in [-0.39, 0.29) is 17.9 Å². The molecule has 1 aromatic heterocycles. The van der Waals surface area contributed by atoms with E-state index < -0.39 is 40.9 Å². The second kappa shape index (κ2) is 11.6. The quantitative estimate of drug-likeness (QED) is 0.442. The monoisotopic (exact) mass is 561 g/mol. The molecule has 2 fully saturated rings. The number of nitrogens with zero attached hydrogens (tertiary/aromatic N) is 5. The summed E-state index contributed by atoms with van der Waals surface area (Å²) in [6.07, 6.45) is 5.10. The molecule has 3 aliphatic rings. The number of phenols is 1. The Morgan fingerprint density at radius 3 is 2.62 bits per heavy atom. The van der Waals surface area contributed by atoms with Crippen LogP contribution >= 0.6 is 0 Å². The average molecular weight is 562 g/mol. The Labute approximate surface area is 230 Å². The fourth-order valence-corrected chi connectivity index (χ4v) is 5.59. The molecule has 1 aromatic carbocycles. The van der Waals surface area contributed by atoms with Gasteiger partial charge >= 0.3 is 0 Å². The first-order valence-electron chi connectivity index (χ1n) is 13.6. The fraction of sp³-hybridized carbons (Fsp3) is 0.556. The number of hydroxylamine groups is 1. The molecule has 1 unspecified atom stereocenters. The lowest BCUT2D eigenvalue weighted by molar-refractivity contribution is 0.0307. The Kier molecular flexibility index (Phi) is 8.13. The van der Waals surface area contributed by atoms with E-state index in [1.54, 1.807) is 6.20 Å². The first-order valence-corrected chi connectivity index (χ1v) is 13.6. The number of nitrogens with one attached hydrogen (secondary N) is 2. The van der Waals surface area contributed by atoms with E-state index in [0.29, 0.717) is 17.7 Å². The number of amidine groups is 1. The van der Waals surface area contributed by atoms with Crippen molar-refractivity contribution in [2.45, 2.75) is 45.3 Å². The highest BCUT2D eigenvalue weighted by Crippen LogP contribution is 2.44. The number of piperazine rings is 1. The van der Waals surface area contributed by atoms with Crippen molar-refractivity contribution in [1.29, 1.82) is 0 Å². The molecule has 2 aromatic rings. The Bertz CT molecular complexity index is 1280. The molecule has 216 valence electrons. The van der Waals surface area contributed by atoms with Crippen molar-refractivity contribution in [1.82, 2.24) is 25.7 Å². The third kappa shape index (κ3) is 5.57. The van der Waals surface area contributed by atoms with E-state index >= 15 is 0 Å². The van der Waals surface area contributed by atoms with Crippen LogP contribution in [0.1, 0.15) is 61.3 Å². The van der Waals surface area contributed by atoms with Crippen LogP contribution in [-0.2, 0) is 4.84 Å². The van der Waals surface area contributed by atoms with Crippen LogP contribution in [0.25, 0.3) is 0 Å². The summed E-state index contributed by atoms with van der Waals surface area (Å²) in [6.45, 7) is 5.95. The van der Waals surface area contributed by atoms with Gasteiger partial charge < -0.3 is 20.2 Å². The third-order valence-corrected chi connectivity index (χ3v) is 8.39. The number of hydrogen-bond acceptors (Lipinski definition) is 9. The predicted octanol–water partition coefficient (Wildman–Crippen LogP) is 3.30. The number of halogens is 3. The molecule has 13 heteroatoms. The molecule has 1 amide bonds. The maximum atomic E-state index is 14.1. The molecular formula is C27H34F3N7O3. The van der Waals surface area contributed by atoms with Gasteiger partial charge in [-0.15, -0.1) is 0 Å². The molecule has 1 atom stereocenters. The summed E-state index contributed by atoms with van der Waals surface area (Å²) in [5, 5.41) is 11.8. The number of aromatic nitrogens is 2. The predicted molar refractivity (Wildman–Crippen MR) is 141 cm³/mol. The summed E-state index contributed by atoms with van der Waals surface area (Å²) in [5.41, 5.74) is 2.73. The molecule has 0 spiro atoms. The van der Waals surface area contributed by atoms with E-state index in [9.17, 15) is 23.1 Å². The highest BCUT2D eigenvalue weighted by Gasteiger charge is 2.42. The van der Waals surface area contributed by atoms with Gasteiger partial charge in [-0.3, -0.25) is 4.79 Å². The van der Waals surface area contributed by atoms with Crippen molar-refractivity contribution in [3.63, 3.8) is 0 Å². The van der Waals surface area contributed by atoms with Crippen LogP contribution in [0.5, 0.6) is 5.75 Å². The first-order chi connectivity index (χ1) is 19.2. The summed E-state index contributed by atoms with van der Waals surface area (Å²) in [4.78, 5) is 36.7. The molecule has 10 nitrogen and oxygen atoms in total. The van der Waals surface area contributed by atoms with E-state index in [4.69, 9.17) is 14.8 Å². The number of likely N-dealkylation sites (N-methyl/N-ethyl adjacent to an activating group) is 1. The number of hydrogen-bond donors (Lipinski definition) is 3. The van der Waals surface area contributed by atoms with Gasteiger partial charge in [0.1, 0.15) is 5.84 Å². The van der Waals surface area contributed by atoms with Gasteiger partial charge in [0.05, 0.1) is 11.3 Å². The van der Waals surface area contributed by atoms with Gasteiger partial charge in [0.15, 0.2) is 17.4 Å². The maximum Gasteiger partial charge on any atom is 0.254 e. The molecule has 3 heterocycles. The number of rotatable bonds is 7. The molecule has 5 rings (SSSR count). The molecule has 3 N–H and O–H groups in total. The Morgan fingerprint density at radius 2 is 1.93 bits per heavy atom. The van der Waals surface area contributed by atoms with Crippen LogP contribution in [-0.4, -0.2) is 71.5 Å². The summed E-state index contributed by atoms with van der Waals surface area (Å²) < 4.78 is 41.3. The number of anilines is 1. The number of aromatic hydroxyl groups is 1. The molecular weight excluding hydrogens is 527 g/mol. The molecule has 1 saturated carbocycles. The lowest BCUT2D eigenvalue weighted by atomic mass is 9.68. The van der Waals surface area contributed by atoms with Crippen molar-refractivity contribution >= 4 is 17.7 Å². The molecule has 1 aliphatic carbocycles. The first kappa shape index (κ1) is 28.1. The van der Waals surface area contributed by atoms with Crippen LogP contribution in [0, 0.1) is 28.8 Å². The molecule has 0 radical (unpaired) electrons. The SMILES string of the molecule is CCC1(C2=NC(c3ccnc(N4CCN(C)CC4)n3)ON2)CCC(CNC(=O)c2cc(F)c(O)c(F)c2F)CC1. The number of carbonyl (C=O) groups excluding carboxylic acids is 1. The van der Waals surface area contributed by atoms with Crippen LogP contribution in [0.2, 0.25) is 0 Å². The van der Waals surface area contributed by atoms with Gasteiger partial charge in [-0.25, -0.2) is 34.1 Å². The van der Waals surface area contributed by atoms with E-state index in [2.05, 4.69) is 39.6 Å². The van der Waals surface area contributed by atoms with Crippen LogP contribution < -0.4 is 15.7 Å². The smallest absolute Gasteiger partial charge is 0.254 e. The van der Waals surface area contributed by atoms with Crippen molar-refractivity contribution in [2.75, 3.05) is 44.7 Å². The van der Waals surface area contributed by atoms with Crippen molar-refractivity contribution in [3.05, 3.63) is 47.0 Å². The normalized spacial score (nSPS) is 25.4. The lowest BCUT2D eigenvalue weighted by Gasteiger charge is -2.39. The van der Waals surface area contributed by atoms with E-state index in [0.717, 1.165) is 64.1 Å². The number of aliphatic imine (C=N–C) groups is 1. The van der Waals surface area contributed by atoms with Gasteiger partial charge in [-0.05, 0) is 57.2 Å². The van der Waals surface area contributed by atoms with Crippen LogP contribution in [0.3, 0.4) is 0 Å². The van der Waals surface area contributed by atoms with Crippen molar-refractivity contribution in [2.24, 2.45) is 16.3 Å². The standard InChI is InChI=1S/C27H34F3N7O3/c1-3-27(7-4-16(5-8-27)15-32-23(39)17-14-18(28)22(38)21(30)20(17)29)25-34-24(40-35-25)19-6-9-31-26(33-19)37-12-10-36(2)11-13-37/h6,9,14,16,24,38H,3-5,7-8,10-13,15H2,1-2H3,(H,32,39)(H,34,35). The second-order valence-electron chi connectivity index (χ2n) is 10.8. The minimum Gasteiger partial charge on any atom is -0.503 e. The second-order valence-corrected chi connectivity index (χ2v) is 10.8. The van der Waals surface area contributed by atoms with Gasteiger partial charge in [0, 0.05) is 44.3 Å². The Hall–Kier alpha value is -3.45. The number of amides is 1. The largest absolute Gasteiger partial charge is 0.503 e. The van der Waals surface area contributed by atoms with Crippen molar-refractivity contribution in [3.8, 4) is 5.75 Å². The Morgan fingerprint density at radius 1 is 1.20 bits per heavy atom. The number of carbonyl (C=O) groups is 1. The van der Waals surface area contributed by atoms with Crippen molar-refractivity contribution < 1.29 is 27.9 Å². The number of phenolic OH excluding ortho intramolecular Hbond substituents is 1. The van der Waals surface area contributed by atoms with Gasteiger partial charge in [-0.1, -0.05) is 6.92 Å². The molecule has 40 heavy (non-hydrogen) atoms. The topological polar surface area (TPSA) is 115 Å². The lowest BCUT2D eigenvalue weighted by Crippen LogP contribution is -2.45. The zero-order valence-electron chi connectivity index (χ0n) is 22.6. The molecule has 2 aliphatic heterocycles. The summed E-state index contributed by atoms with van der Waals surface area (Å²) in [7, 11) is 2.10. The molecule has 0 bridgehead atoms. The minimum atomic E-state index is -1.78. The third-order valence-electron chi connectivity index (χ3n) is 8.39. The van der Waals surface area contributed by atoms with Crippen LogP contribution in [0.4, 0.5) is 19.1 Å². The van der Waals surface area contributed by atoms with Gasteiger partial charge in [-0.2, -0.15) is 4.39 Å². The van der Waals surface area contributed by atoms with Gasteiger partial charge in [0.2, 0.25) is 18.0 Å². The van der Waals surface area contributed by atoms with E-state index in [1.807, 2.05) is 6.07 Å². The highest BCUT2D eigenvalue weighted by atomic mass is 19.2. The average Bonchev–Trinajstić information content (AvgIpc) is 3.49. The summed E-state index contributed by atoms with van der Waals surface area (Å²) >= 11 is 0. The Balaban J connectivity index is 1.19. The molecule has 1 saturated heterocycles.